The Balaban J connectivity index is 1.62. The van der Waals surface area contributed by atoms with Crippen molar-refractivity contribution in [3.05, 3.63) is 65.6 Å². The summed E-state index contributed by atoms with van der Waals surface area (Å²) < 4.78 is 134. The minimum absolute atomic E-state index is 0.0733. The summed E-state index contributed by atoms with van der Waals surface area (Å²) in [6.45, 7) is 3.75. The Morgan fingerprint density at radius 1 is 0.796 bits per heavy atom. The van der Waals surface area contributed by atoms with Crippen molar-refractivity contribution in [1.82, 2.24) is 19.6 Å². The van der Waals surface area contributed by atoms with E-state index in [-0.39, 0.29) is 17.8 Å². The number of alkyl halides is 9. The van der Waals surface area contributed by atoms with Crippen LogP contribution in [0, 0.1) is 0 Å². The van der Waals surface area contributed by atoms with Crippen LogP contribution in [0.1, 0.15) is 61.1 Å². The Labute approximate surface area is 297 Å². The van der Waals surface area contributed by atoms with E-state index in [0.717, 1.165) is 45.4 Å². The molecule has 0 saturated carbocycles. The van der Waals surface area contributed by atoms with Crippen LogP contribution in [-0.4, -0.2) is 68.5 Å². The molecule has 1 fully saturated rings. The van der Waals surface area contributed by atoms with Crippen molar-refractivity contribution >= 4 is 41.1 Å². The van der Waals surface area contributed by atoms with Gasteiger partial charge in [-0.25, -0.2) is 23.9 Å². The molecule has 1 unspecified atom stereocenters. The minimum atomic E-state index is -5.89. The second-order valence-corrected chi connectivity index (χ2v) is 12.6. The van der Waals surface area contributed by atoms with Gasteiger partial charge in [-0.15, -0.1) is 5.10 Å². The molecule has 4 aromatic rings. The van der Waals surface area contributed by atoms with Crippen molar-refractivity contribution < 1.29 is 72.9 Å². The molecule has 4 heterocycles. The SMILES string of the molecule is CC(C)(C)c1c(OC(=O)C(F)(F)F)cc(C(=O)Nc2cn3nc(N4CCCC4c4ccncc4)ccc3n2)c(OC(=O)C(F)(F)F)c1OC(=O)C(F)(F)F. The second kappa shape index (κ2) is 14.1. The van der Waals surface area contributed by atoms with Gasteiger partial charge in [-0.1, -0.05) is 20.8 Å². The van der Waals surface area contributed by atoms with Gasteiger partial charge >= 0.3 is 36.4 Å². The van der Waals surface area contributed by atoms with Crippen molar-refractivity contribution in [3.8, 4) is 17.2 Å². The smallest absolute Gasteiger partial charge is 0.419 e. The van der Waals surface area contributed by atoms with E-state index in [0.29, 0.717) is 12.4 Å². The lowest BCUT2D eigenvalue weighted by Gasteiger charge is -2.28. The molecule has 1 aromatic carbocycles. The quantitative estimate of drug-likeness (QED) is 0.126. The molecule has 1 aliphatic heterocycles. The van der Waals surface area contributed by atoms with Crippen LogP contribution >= 0.6 is 0 Å². The van der Waals surface area contributed by atoms with E-state index in [1.54, 1.807) is 18.5 Å². The highest BCUT2D eigenvalue weighted by molar-refractivity contribution is 6.08. The molecule has 3 aromatic heterocycles. The van der Waals surface area contributed by atoms with Crippen LogP contribution in [-0.2, 0) is 19.8 Å². The lowest BCUT2D eigenvalue weighted by molar-refractivity contribution is -0.192. The summed E-state index contributed by atoms with van der Waals surface area (Å²) >= 11 is 0. The minimum Gasteiger partial charge on any atom is -0.419 e. The first-order chi connectivity index (χ1) is 24.9. The van der Waals surface area contributed by atoms with Crippen LogP contribution in [0.25, 0.3) is 5.65 Å². The molecule has 288 valence electrons. The molecule has 0 bridgehead atoms. The summed E-state index contributed by atoms with van der Waals surface area (Å²) in [4.78, 5) is 59.7. The van der Waals surface area contributed by atoms with Crippen LogP contribution in [0.4, 0.5) is 51.1 Å². The molecule has 1 amide bonds. The molecule has 22 heteroatoms. The first-order valence-corrected chi connectivity index (χ1v) is 15.4. The van der Waals surface area contributed by atoms with Gasteiger partial charge in [-0.3, -0.25) is 9.78 Å². The second-order valence-electron chi connectivity index (χ2n) is 12.6. The number of ether oxygens (including phenoxy) is 3. The van der Waals surface area contributed by atoms with E-state index in [4.69, 9.17) is 0 Å². The first kappa shape index (κ1) is 39.3. The van der Waals surface area contributed by atoms with Crippen LogP contribution in [0.15, 0.2) is 48.9 Å². The number of anilines is 2. The number of halogens is 9. The third kappa shape index (κ3) is 8.46. The van der Waals surface area contributed by atoms with Crippen molar-refractivity contribution in [2.45, 2.75) is 63.6 Å². The van der Waals surface area contributed by atoms with Gasteiger partial charge in [0.2, 0.25) is 0 Å². The van der Waals surface area contributed by atoms with Crippen molar-refractivity contribution in [2.75, 3.05) is 16.8 Å². The summed E-state index contributed by atoms with van der Waals surface area (Å²) in [6.07, 6.45) is -11.6. The van der Waals surface area contributed by atoms with Crippen LogP contribution < -0.4 is 24.4 Å². The number of aromatic nitrogens is 4. The van der Waals surface area contributed by atoms with E-state index in [1.807, 2.05) is 17.0 Å². The van der Waals surface area contributed by atoms with E-state index in [9.17, 15) is 58.7 Å². The normalized spacial score (nSPS) is 15.3. The number of amides is 1. The standard InChI is InChI=1S/C32H25F9N6O7/c1-29(2,3)22-18(52-26(49)30(33,34)35)13-16(23(53-27(50)31(36,37)38)24(22)54-28(51)32(39,40)41)25(48)44-19-14-47-20(43-19)6-7-21(45-47)46-12-4-5-17(46)15-8-10-42-11-9-15/h6-11,13-14,17H,4-5,12H2,1-3H3,(H,44,48). The van der Waals surface area contributed by atoms with Crippen LogP contribution in [0.3, 0.4) is 0 Å². The fraction of sp³-hybridized carbons (Fsp3) is 0.344. The number of benzene rings is 1. The van der Waals surface area contributed by atoms with Crippen molar-refractivity contribution in [2.24, 2.45) is 0 Å². The molecule has 1 aliphatic rings. The summed E-state index contributed by atoms with van der Waals surface area (Å²) in [5, 5.41) is 6.56. The zero-order chi connectivity index (χ0) is 40.0. The first-order valence-electron chi connectivity index (χ1n) is 15.4. The highest BCUT2D eigenvalue weighted by atomic mass is 19.4. The van der Waals surface area contributed by atoms with E-state index in [1.165, 1.54) is 10.6 Å². The Bertz CT molecular complexity index is 2110. The Hall–Kier alpha value is -5.96. The number of hydrogen-bond donors (Lipinski definition) is 1. The summed E-state index contributed by atoms with van der Waals surface area (Å²) in [5.41, 5.74) is -3.36. The molecular weight excluding hydrogens is 751 g/mol. The summed E-state index contributed by atoms with van der Waals surface area (Å²) in [5.74, 6) is -15.9. The molecule has 1 saturated heterocycles. The molecule has 13 nitrogen and oxygen atoms in total. The maximum atomic E-state index is 13.7. The Morgan fingerprint density at radius 3 is 1.94 bits per heavy atom. The highest BCUT2D eigenvalue weighted by Gasteiger charge is 2.48. The largest absolute Gasteiger partial charge is 0.491 e. The lowest BCUT2D eigenvalue weighted by Crippen LogP contribution is -2.33. The van der Waals surface area contributed by atoms with E-state index >= 15 is 0 Å². The van der Waals surface area contributed by atoms with E-state index < -0.39 is 82.0 Å². The molecule has 54 heavy (non-hydrogen) atoms. The molecule has 0 radical (unpaired) electrons. The maximum Gasteiger partial charge on any atom is 0.491 e. The monoisotopic (exact) mass is 776 g/mol. The van der Waals surface area contributed by atoms with Crippen LogP contribution in [0.5, 0.6) is 17.2 Å². The Kier molecular flexibility index (Phi) is 10.3. The molecule has 1 atom stereocenters. The topological polar surface area (TPSA) is 154 Å². The molecule has 0 spiro atoms. The Morgan fingerprint density at radius 2 is 1.37 bits per heavy atom. The van der Waals surface area contributed by atoms with Crippen molar-refractivity contribution in [1.29, 1.82) is 0 Å². The fourth-order valence-corrected chi connectivity index (χ4v) is 5.48. The summed E-state index contributed by atoms with van der Waals surface area (Å²) in [7, 11) is 0. The number of hydrogen-bond acceptors (Lipinski definition) is 11. The molecule has 5 rings (SSSR count). The molecular formula is C32H25F9N6O7. The number of carbonyl (C=O) groups excluding carboxylic acids is 4. The predicted molar refractivity (Wildman–Crippen MR) is 165 cm³/mol. The zero-order valence-electron chi connectivity index (χ0n) is 27.8. The average Bonchev–Trinajstić information content (AvgIpc) is 3.70. The number of carbonyl (C=O) groups is 4. The van der Waals surface area contributed by atoms with Crippen molar-refractivity contribution in [3.63, 3.8) is 0 Å². The van der Waals surface area contributed by atoms with Gasteiger partial charge in [0.1, 0.15) is 11.6 Å². The maximum absolute atomic E-state index is 13.7. The number of fused-ring (bicyclic) bond motifs is 1. The third-order valence-electron chi connectivity index (χ3n) is 7.67. The lowest BCUT2D eigenvalue weighted by atomic mass is 9.84. The number of nitrogens with one attached hydrogen (secondary N) is 1. The molecule has 1 N–H and O–H groups in total. The number of esters is 3. The average molecular weight is 777 g/mol. The highest BCUT2D eigenvalue weighted by Crippen LogP contribution is 2.49. The fourth-order valence-electron chi connectivity index (χ4n) is 5.48. The van der Waals surface area contributed by atoms with Gasteiger partial charge < -0.3 is 24.4 Å². The third-order valence-corrected chi connectivity index (χ3v) is 7.67. The van der Waals surface area contributed by atoms with Gasteiger partial charge in [0.15, 0.2) is 23.0 Å². The number of rotatable bonds is 7. The predicted octanol–water partition coefficient (Wildman–Crippen LogP) is 6.42. The van der Waals surface area contributed by atoms with Gasteiger partial charge in [0.25, 0.3) is 5.91 Å². The van der Waals surface area contributed by atoms with Gasteiger partial charge in [-0.05, 0) is 54.2 Å². The molecule has 0 aliphatic carbocycles. The van der Waals surface area contributed by atoms with Gasteiger partial charge in [-0.2, -0.15) is 39.5 Å². The number of imidazole rings is 1. The van der Waals surface area contributed by atoms with Gasteiger partial charge in [0.05, 0.1) is 17.8 Å². The van der Waals surface area contributed by atoms with E-state index in [2.05, 4.69) is 34.6 Å². The summed E-state index contributed by atoms with van der Waals surface area (Å²) in [6, 6.07) is 6.89. The number of nitrogens with zero attached hydrogens (tertiary/aromatic N) is 5. The van der Waals surface area contributed by atoms with Crippen LogP contribution in [0.2, 0.25) is 0 Å². The van der Waals surface area contributed by atoms with Gasteiger partial charge in [0, 0.05) is 24.5 Å². The number of pyridine rings is 1. The zero-order valence-corrected chi connectivity index (χ0v) is 27.8.